The third kappa shape index (κ3) is 7.62. The van der Waals surface area contributed by atoms with Gasteiger partial charge in [0, 0.05) is 6.54 Å². The zero-order valence-electron chi connectivity index (χ0n) is 6.97. The molecule has 0 unspecified atom stereocenters. The Morgan fingerprint density at radius 3 is 2.64 bits per heavy atom. The highest BCUT2D eigenvalue weighted by Gasteiger charge is 1.98. The minimum atomic E-state index is -0.342. The lowest BCUT2D eigenvalue weighted by molar-refractivity contribution is -0.140. The number of hydrogen-bond donors (Lipinski definition) is 0. The predicted octanol–water partition coefficient (Wildman–Crippen LogP) is 0.720. The van der Waals surface area contributed by atoms with Gasteiger partial charge in [0.15, 0.2) is 0 Å². The van der Waals surface area contributed by atoms with Crippen molar-refractivity contribution in [1.29, 1.82) is 0 Å². The van der Waals surface area contributed by atoms with Gasteiger partial charge in [-0.25, -0.2) is 0 Å². The fourth-order valence-electron chi connectivity index (χ4n) is 0.605. The zero-order valence-corrected chi connectivity index (χ0v) is 7.73. The van der Waals surface area contributed by atoms with Crippen molar-refractivity contribution in [3.05, 3.63) is 0 Å². The fraction of sp³-hybridized carbons (Fsp3) is 0.857. The van der Waals surface area contributed by atoms with Crippen molar-refractivity contribution >= 4 is 17.6 Å². The molecule has 0 bridgehead atoms. The van der Waals surface area contributed by atoms with Gasteiger partial charge in [0.05, 0.1) is 6.61 Å². The minimum absolute atomic E-state index is 0.0536. The van der Waals surface area contributed by atoms with Gasteiger partial charge >= 0.3 is 5.97 Å². The van der Waals surface area contributed by atoms with E-state index in [-0.39, 0.29) is 11.8 Å². The number of esters is 1. The van der Waals surface area contributed by atoms with Gasteiger partial charge in [-0.3, -0.25) is 4.79 Å². The van der Waals surface area contributed by atoms with Crippen molar-refractivity contribution in [3.63, 3.8) is 0 Å². The summed E-state index contributed by atoms with van der Waals surface area (Å²) in [6.07, 6.45) is 0.857. The van der Waals surface area contributed by atoms with Gasteiger partial charge in [0.2, 0.25) is 0 Å². The van der Waals surface area contributed by atoms with Gasteiger partial charge in [-0.05, 0) is 20.5 Å². The van der Waals surface area contributed by atoms with Crippen LogP contribution in [0.25, 0.3) is 0 Å². The largest absolute Gasteiger partial charge is 0.465 e. The van der Waals surface area contributed by atoms with E-state index in [9.17, 15) is 4.79 Å². The molecule has 0 aromatic heterocycles. The molecule has 11 heavy (non-hydrogen) atoms. The molecule has 4 heteroatoms. The monoisotopic (exact) mass is 179 g/mol. The van der Waals surface area contributed by atoms with Gasteiger partial charge in [0.25, 0.3) is 0 Å². The van der Waals surface area contributed by atoms with Crippen LogP contribution < -0.4 is 0 Å². The topological polar surface area (TPSA) is 29.5 Å². The van der Waals surface area contributed by atoms with Crippen LogP contribution in [-0.2, 0) is 9.53 Å². The molecule has 0 rings (SSSR count). The molecule has 0 aliphatic heterocycles. The highest BCUT2D eigenvalue weighted by atomic mass is 35.5. The number of rotatable bonds is 5. The lowest BCUT2D eigenvalue weighted by Crippen LogP contribution is -2.16. The Kier molecular flexibility index (Phi) is 6.27. The molecule has 66 valence electrons. The maximum Gasteiger partial charge on any atom is 0.320 e. The van der Waals surface area contributed by atoms with Gasteiger partial charge in [-0.1, -0.05) is 0 Å². The molecule has 0 saturated carbocycles. The lowest BCUT2D eigenvalue weighted by atomic mass is 10.4. The summed E-state index contributed by atoms with van der Waals surface area (Å²) in [5.41, 5.74) is 0. The summed E-state index contributed by atoms with van der Waals surface area (Å²) in [6, 6.07) is 0. The molecule has 0 amide bonds. The summed E-state index contributed by atoms with van der Waals surface area (Å²) < 4.78 is 4.74. The first-order chi connectivity index (χ1) is 5.16. The molecule has 0 heterocycles. The van der Waals surface area contributed by atoms with Gasteiger partial charge in [-0.15, -0.1) is 11.6 Å². The van der Waals surface area contributed by atoms with Crippen LogP contribution >= 0.6 is 11.6 Å². The quantitative estimate of drug-likeness (QED) is 0.354. The number of nitrogens with zero attached hydrogens (tertiary/aromatic N) is 1. The molecular weight excluding hydrogens is 166 g/mol. The Morgan fingerprint density at radius 1 is 1.55 bits per heavy atom. The van der Waals surface area contributed by atoms with E-state index >= 15 is 0 Å². The summed E-state index contributed by atoms with van der Waals surface area (Å²) in [5, 5.41) is 0. The number of hydrogen-bond acceptors (Lipinski definition) is 3. The zero-order chi connectivity index (χ0) is 8.69. The summed E-state index contributed by atoms with van der Waals surface area (Å²) in [4.78, 5) is 12.5. The van der Waals surface area contributed by atoms with Crippen LogP contribution in [0.3, 0.4) is 0 Å². The Balaban J connectivity index is 3.08. The standard InChI is InChI=1S/C7H14ClNO2/c1-9(2)4-3-5-11-7(10)6-8/h3-6H2,1-2H3. The van der Waals surface area contributed by atoms with E-state index in [1.165, 1.54) is 0 Å². The molecule has 3 nitrogen and oxygen atoms in total. The van der Waals surface area contributed by atoms with E-state index in [1.807, 2.05) is 19.0 Å². The van der Waals surface area contributed by atoms with Crippen molar-refractivity contribution in [2.75, 3.05) is 33.1 Å². The van der Waals surface area contributed by atoms with Crippen LogP contribution in [0.4, 0.5) is 0 Å². The second kappa shape index (κ2) is 6.43. The Labute approximate surface area is 72.3 Å². The molecule has 0 radical (unpaired) electrons. The van der Waals surface area contributed by atoms with Crippen LogP contribution in [0.2, 0.25) is 0 Å². The highest BCUT2D eigenvalue weighted by molar-refractivity contribution is 6.26. The number of halogens is 1. The van der Waals surface area contributed by atoms with E-state index in [1.54, 1.807) is 0 Å². The van der Waals surface area contributed by atoms with Crippen molar-refractivity contribution in [2.45, 2.75) is 6.42 Å². The van der Waals surface area contributed by atoms with Crippen LogP contribution in [0.1, 0.15) is 6.42 Å². The maximum absolute atomic E-state index is 10.5. The molecule has 0 fully saturated rings. The van der Waals surface area contributed by atoms with E-state index in [2.05, 4.69) is 0 Å². The molecule has 0 aliphatic carbocycles. The van der Waals surface area contributed by atoms with Crippen LogP contribution in [0, 0.1) is 0 Å². The first-order valence-corrected chi connectivity index (χ1v) is 4.06. The van der Waals surface area contributed by atoms with Crippen LogP contribution in [0.5, 0.6) is 0 Å². The molecule has 0 spiro atoms. The second-order valence-corrected chi connectivity index (χ2v) is 2.78. The second-order valence-electron chi connectivity index (χ2n) is 2.51. The first-order valence-electron chi connectivity index (χ1n) is 3.53. The normalized spacial score (nSPS) is 10.2. The Morgan fingerprint density at radius 2 is 2.18 bits per heavy atom. The maximum atomic E-state index is 10.5. The fourth-order valence-corrected chi connectivity index (χ4v) is 0.683. The summed E-state index contributed by atoms with van der Waals surface area (Å²) in [5.74, 6) is -0.396. The van der Waals surface area contributed by atoms with Gasteiger partial charge in [-0.2, -0.15) is 0 Å². The SMILES string of the molecule is CN(C)CCCOC(=O)CCl. The minimum Gasteiger partial charge on any atom is -0.465 e. The smallest absolute Gasteiger partial charge is 0.320 e. The van der Waals surface area contributed by atoms with Gasteiger partial charge in [0.1, 0.15) is 5.88 Å². The van der Waals surface area contributed by atoms with Gasteiger partial charge < -0.3 is 9.64 Å². The van der Waals surface area contributed by atoms with Crippen molar-refractivity contribution in [2.24, 2.45) is 0 Å². The summed E-state index contributed by atoms with van der Waals surface area (Å²) in [7, 11) is 3.95. The lowest BCUT2D eigenvalue weighted by Gasteiger charge is -2.08. The number of carbonyl (C=O) groups is 1. The molecule has 0 aliphatic rings. The molecule has 0 aromatic rings. The molecule has 0 saturated heterocycles. The Bertz CT molecular complexity index is 117. The third-order valence-electron chi connectivity index (χ3n) is 1.12. The summed E-state index contributed by atoms with van der Waals surface area (Å²) >= 11 is 5.21. The first kappa shape index (κ1) is 10.7. The number of carbonyl (C=O) groups excluding carboxylic acids is 1. The van der Waals surface area contributed by atoms with Crippen molar-refractivity contribution < 1.29 is 9.53 Å². The van der Waals surface area contributed by atoms with E-state index in [0.717, 1.165) is 13.0 Å². The summed E-state index contributed by atoms with van der Waals surface area (Å²) in [6.45, 7) is 1.39. The van der Waals surface area contributed by atoms with Crippen LogP contribution in [0.15, 0.2) is 0 Å². The molecule has 0 aromatic carbocycles. The van der Waals surface area contributed by atoms with E-state index in [0.29, 0.717) is 6.61 Å². The molecule has 0 atom stereocenters. The molecular formula is C7H14ClNO2. The molecule has 0 N–H and O–H groups in total. The average molecular weight is 180 g/mol. The number of ether oxygens (including phenoxy) is 1. The average Bonchev–Trinajstić information content (AvgIpc) is 1.97. The predicted molar refractivity (Wildman–Crippen MR) is 44.9 cm³/mol. The van der Waals surface area contributed by atoms with Crippen LogP contribution in [-0.4, -0.2) is 44.0 Å². The number of alkyl halides is 1. The highest BCUT2D eigenvalue weighted by Crippen LogP contribution is 1.87. The van der Waals surface area contributed by atoms with E-state index < -0.39 is 0 Å². The third-order valence-corrected chi connectivity index (χ3v) is 1.34. The van der Waals surface area contributed by atoms with Crippen molar-refractivity contribution in [1.82, 2.24) is 4.90 Å². The van der Waals surface area contributed by atoms with E-state index in [4.69, 9.17) is 16.3 Å². The Hall–Kier alpha value is -0.280. The van der Waals surface area contributed by atoms with Crippen molar-refractivity contribution in [3.8, 4) is 0 Å².